The number of hydrogen-bond acceptors (Lipinski definition) is 5. The van der Waals surface area contributed by atoms with Crippen LogP contribution in [-0.2, 0) is 17.9 Å². The average Bonchev–Trinajstić information content (AvgIpc) is 3.10. The molecule has 2 aromatic carbocycles. The van der Waals surface area contributed by atoms with Crippen molar-refractivity contribution in [1.29, 1.82) is 0 Å². The lowest BCUT2D eigenvalue weighted by atomic mass is 10.2. The highest BCUT2D eigenvalue weighted by atomic mass is 35.5. The minimum absolute atomic E-state index is 0.0514. The molecule has 30 heavy (non-hydrogen) atoms. The molecular weight excluding hydrogens is 427 g/mol. The number of aromatic nitrogens is 3. The molecular formula is C21H20ClFN4O2S. The second kappa shape index (κ2) is 10.3. The van der Waals surface area contributed by atoms with Crippen molar-refractivity contribution in [2.24, 2.45) is 0 Å². The van der Waals surface area contributed by atoms with Crippen LogP contribution in [0.5, 0.6) is 5.75 Å². The van der Waals surface area contributed by atoms with Gasteiger partial charge in [-0.15, -0.1) is 16.8 Å². The first-order valence-corrected chi connectivity index (χ1v) is 10.4. The van der Waals surface area contributed by atoms with Crippen LogP contribution < -0.4 is 10.1 Å². The van der Waals surface area contributed by atoms with E-state index in [2.05, 4.69) is 22.1 Å². The third kappa shape index (κ3) is 5.61. The Morgan fingerprint density at radius 2 is 2.13 bits per heavy atom. The van der Waals surface area contributed by atoms with E-state index < -0.39 is 5.82 Å². The number of nitrogens with zero attached hydrogens (tertiary/aromatic N) is 3. The van der Waals surface area contributed by atoms with E-state index in [9.17, 15) is 9.18 Å². The maximum Gasteiger partial charge on any atom is 0.234 e. The predicted molar refractivity (Wildman–Crippen MR) is 116 cm³/mol. The quantitative estimate of drug-likeness (QED) is 0.375. The van der Waals surface area contributed by atoms with Gasteiger partial charge >= 0.3 is 0 Å². The third-order valence-electron chi connectivity index (χ3n) is 4.09. The number of para-hydroxylation sites is 1. The number of carbonyl (C=O) groups excluding carboxylic acids is 1. The van der Waals surface area contributed by atoms with Crippen molar-refractivity contribution in [2.45, 2.75) is 25.2 Å². The fourth-order valence-corrected chi connectivity index (χ4v) is 3.55. The molecule has 0 saturated heterocycles. The minimum Gasteiger partial charge on any atom is -0.485 e. The van der Waals surface area contributed by atoms with Gasteiger partial charge in [0.15, 0.2) is 11.0 Å². The summed E-state index contributed by atoms with van der Waals surface area (Å²) in [6.07, 6.45) is 1.73. The highest BCUT2D eigenvalue weighted by Gasteiger charge is 2.15. The molecule has 0 radical (unpaired) electrons. The molecule has 9 heteroatoms. The number of carbonyl (C=O) groups is 1. The average molecular weight is 447 g/mol. The van der Waals surface area contributed by atoms with Gasteiger partial charge in [-0.05, 0) is 36.8 Å². The highest BCUT2D eigenvalue weighted by Crippen LogP contribution is 2.22. The van der Waals surface area contributed by atoms with Gasteiger partial charge in [0.05, 0.1) is 10.8 Å². The molecule has 0 atom stereocenters. The second-order valence-corrected chi connectivity index (χ2v) is 7.67. The van der Waals surface area contributed by atoms with Crippen LogP contribution in [0, 0.1) is 12.7 Å². The smallest absolute Gasteiger partial charge is 0.234 e. The predicted octanol–water partition coefficient (Wildman–Crippen LogP) is 4.87. The summed E-state index contributed by atoms with van der Waals surface area (Å²) in [4.78, 5) is 12.2. The molecule has 0 aliphatic carbocycles. The number of ether oxygens (including phenoxy) is 1. The molecule has 0 spiro atoms. The lowest BCUT2D eigenvalue weighted by molar-refractivity contribution is -0.113. The van der Waals surface area contributed by atoms with Crippen molar-refractivity contribution >= 4 is 35.0 Å². The lowest BCUT2D eigenvalue weighted by Crippen LogP contribution is -2.15. The van der Waals surface area contributed by atoms with Gasteiger partial charge in [0.2, 0.25) is 5.91 Å². The van der Waals surface area contributed by atoms with Gasteiger partial charge < -0.3 is 10.1 Å². The Morgan fingerprint density at radius 1 is 1.33 bits per heavy atom. The number of anilines is 1. The van der Waals surface area contributed by atoms with Crippen molar-refractivity contribution in [1.82, 2.24) is 14.8 Å². The van der Waals surface area contributed by atoms with E-state index in [0.717, 1.165) is 11.3 Å². The molecule has 0 bridgehead atoms. The first kappa shape index (κ1) is 21.9. The van der Waals surface area contributed by atoms with Gasteiger partial charge in [-0.3, -0.25) is 9.36 Å². The zero-order valence-electron chi connectivity index (χ0n) is 16.3. The highest BCUT2D eigenvalue weighted by molar-refractivity contribution is 7.99. The normalized spacial score (nSPS) is 10.6. The van der Waals surface area contributed by atoms with E-state index >= 15 is 0 Å². The van der Waals surface area contributed by atoms with E-state index in [-0.39, 0.29) is 23.3 Å². The van der Waals surface area contributed by atoms with Gasteiger partial charge in [-0.2, -0.15) is 0 Å². The summed E-state index contributed by atoms with van der Waals surface area (Å²) in [5.74, 6) is 0.697. The van der Waals surface area contributed by atoms with Crippen LogP contribution in [0.1, 0.15) is 11.4 Å². The number of allylic oxidation sites excluding steroid dienone is 1. The fraction of sp³-hybridized carbons (Fsp3) is 0.190. The first-order valence-electron chi connectivity index (χ1n) is 9.07. The van der Waals surface area contributed by atoms with E-state index in [1.54, 1.807) is 6.08 Å². The standard InChI is InChI=1S/C21H20ClFN4O2S/c1-3-10-27-19(12-29-18-7-5-4-6-14(18)2)25-26-21(27)30-13-20(28)24-15-8-9-17(23)16(22)11-15/h3-9,11H,1,10,12-13H2,2H3,(H,24,28). The number of hydrogen-bond donors (Lipinski definition) is 1. The molecule has 0 fully saturated rings. The monoisotopic (exact) mass is 446 g/mol. The summed E-state index contributed by atoms with van der Waals surface area (Å²) in [6, 6.07) is 11.7. The largest absolute Gasteiger partial charge is 0.485 e. The van der Waals surface area contributed by atoms with Crippen molar-refractivity contribution in [3.63, 3.8) is 0 Å². The number of thioether (sulfide) groups is 1. The van der Waals surface area contributed by atoms with E-state index in [0.29, 0.717) is 23.2 Å². The van der Waals surface area contributed by atoms with Gasteiger partial charge in [0.1, 0.15) is 18.2 Å². The summed E-state index contributed by atoms with van der Waals surface area (Å²) in [5, 5.41) is 11.6. The molecule has 0 unspecified atom stereocenters. The van der Waals surface area contributed by atoms with Gasteiger partial charge in [0.25, 0.3) is 0 Å². The molecule has 1 heterocycles. The third-order valence-corrected chi connectivity index (χ3v) is 5.35. The molecule has 3 rings (SSSR count). The van der Waals surface area contributed by atoms with Crippen LogP contribution in [0.4, 0.5) is 10.1 Å². The number of halogens is 2. The number of benzene rings is 2. The number of rotatable bonds is 9. The molecule has 3 aromatic rings. The number of aryl methyl sites for hydroxylation is 1. The first-order chi connectivity index (χ1) is 14.5. The van der Waals surface area contributed by atoms with Gasteiger partial charge in [-0.25, -0.2) is 4.39 Å². The fourth-order valence-electron chi connectivity index (χ4n) is 2.61. The van der Waals surface area contributed by atoms with Crippen LogP contribution >= 0.6 is 23.4 Å². The van der Waals surface area contributed by atoms with Gasteiger partial charge in [0, 0.05) is 12.2 Å². The molecule has 0 aliphatic heterocycles. The topological polar surface area (TPSA) is 69.0 Å². The van der Waals surface area contributed by atoms with Crippen molar-refractivity contribution < 1.29 is 13.9 Å². The summed E-state index contributed by atoms with van der Waals surface area (Å²) in [5.41, 5.74) is 1.45. The van der Waals surface area contributed by atoms with Crippen molar-refractivity contribution in [3.8, 4) is 5.75 Å². The van der Waals surface area contributed by atoms with Crippen LogP contribution in [0.15, 0.2) is 60.3 Å². The molecule has 6 nitrogen and oxygen atoms in total. The molecule has 0 saturated carbocycles. The summed E-state index contributed by atoms with van der Waals surface area (Å²) < 4.78 is 20.9. The second-order valence-electron chi connectivity index (χ2n) is 6.32. The van der Waals surface area contributed by atoms with E-state index in [4.69, 9.17) is 16.3 Å². The Kier molecular flexibility index (Phi) is 7.48. The zero-order valence-corrected chi connectivity index (χ0v) is 17.8. The zero-order chi connectivity index (χ0) is 21.5. The Bertz CT molecular complexity index is 1060. The van der Waals surface area contributed by atoms with E-state index in [1.165, 1.54) is 30.0 Å². The molecule has 1 aromatic heterocycles. The molecule has 156 valence electrons. The summed E-state index contributed by atoms with van der Waals surface area (Å²) in [6.45, 7) is 6.46. The molecule has 0 aliphatic rings. The summed E-state index contributed by atoms with van der Waals surface area (Å²) in [7, 11) is 0. The Balaban J connectivity index is 1.62. The maximum absolute atomic E-state index is 13.2. The summed E-state index contributed by atoms with van der Waals surface area (Å²) >= 11 is 6.97. The van der Waals surface area contributed by atoms with Crippen LogP contribution in [0.3, 0.4) is 0 Å². The Labute approximate surface area is 183 Å². The molecule has 1 amide bonds. The number of nitrogens with one attached hydrogen (secondary N) is 1. The van der Waals surface area contributed by atoms with Gasteiger partial charge in [-0.1, -0.05) is 47.6 Å². The molecule has 1 N–H and O–H groups in total. The minimum atomic E-state index is -0.540. The van der Waals surface area contributed by atoms with Crippen LogP contribution in [0.25, 0.3) is 0 Å². The van der Waals surface area contributed by atoms with E-state index in [1.807, 2.05) is 35.8 Å². The maximum atomic E-state index is 13.2. The Hall–Kier alpha value is -2.84. The lowest BCUT2D eigenvalue weighted by Gasteiger charge is -2.10. The van der Waals surface area contributed by atoms with Crippen molar-refractivity contribution in [3.05, 3.63) is 77.3 Å². The van der Waals surface area contributed by atoms with Crippen LogP contribution in [-0.4, -0.2) is 26.4 Å². The Morgan fingerprint density at radius 3 is 2.87 bits per heavy atom. The van der Waals surface area contributed by atoms with Crippen molar-refractivity contribution in [2.75, 3.05) is 11.1 Å². The SMILES string of the molecule is C=CCn1c(COc2ccccc2C)nnc1SCC(=O)Nc1ccc(F)c(Cl)c1. The number of amides is 1. The van der Waals surface area contributed by atoms with Crippen LogP contribution in [0.2, 0.25) is 5.02 Å².